The van der Waals surface area contributed by atoms with Crippen molar-refractivity contribution in [2.45, 2.75) is 50.0 Å². The number of hydrogen-bond acceptors (Lipinski definition) is 6. The van der Waals surface area contributed by atoms with Crippen molar-refractivity contribution < 1.29 is 28.8 Å². The van der Waals surface area contributed by atoms with E-state index in [4.69, 9.17) is 23.7 Å². The molecule has 5 atom stereocenters. The maximum atomic E-state index is 9.80. The SMILES string of the molecule is CC1(C)O[C@H]2O[C@]3(CO)COC(c4ccccc4)O[C@@H]3[C@H]2O1. The van der Waals surface area contributed by atoms with Gasteiger partial charge in [-0.15, -0.1) is 0 Å². The molecule has 0 aromatic heterocycles. The van der Waals surface area contributed by atoms with Crippen molar-refractivity contribution in [3.63, 3.8) is 0 Å². The average molecular weight is 308 g/mol. The van der Waals surface area contributed by atoms with Crippen LogP contribution in [0.15, 0.2) is 30.3 Å². The number of ether oxygens (including phenoxy) is 5. The number of fused-ring (bicyclic) bond motifs is 3. The molecule has 1 aromatic rings. The molecule has 3 fully saturated rings. The predicted molar refractivity (Wildman–Crippen MR) is 74.7 cm³/mol. The van der Waals surface area contributed by atoms with Crippen molar-refractivity contribution >= 4 is 0 Å². The minimum Gasteiger partial charge on any atom is -0.393 e. The second kappa shape index (κ2) is 4.99. The van der Waals surface area contributed by atoms with Gasteiger partial charge in [-0.2, -0.15) is 0 Å². The van der Waals surface area contributed by atoms with Gasteiger partial charge in [0.2, 0.25) is 0 Å². The summed E-state index contributed by atoms with van der Waals surface area (Å²) in [4.78, 5) is 0. The number of hydrogen-bond donors (Lipinski definition) is 1. The zero-order chi connectivity index (χ0) is 15.4. The quantitative estimate of drug-likeness (QED) is 0.889. The van der Waals surface area contributed by atoms with Crippen LogP contribution in [0.3, 0.4) is 0 Å². The van der Waals surface area contributed by atoms with Crippen molar-refractivity contribution in [1.82, 2.24) is 0 Å². The summed E-state index contributed by atoms with van der Waals surface area (Å²) in [6.45, 7) is 3.69. The van der Waals surface area contributed by atoms with E-state index in [2.05, 4.69) is 0 Å². The first-order valence-corrected chi connectivity index (χ1v) is 7.49. The van der Waals surface area contributed by atoms with E-state index in [1.165, 1.54) is 0 Å². The van der Waals surface area contributed by atoms with Gasteiger partial charge in [0.25, 0.3) is 0 Å². The molecule has 120 valence electrons. The van der Waals surface area contributed by atoms with Crippen LogP contribution in [0.2, 0.25) is 0 Å². The molecule has 1 N–H and O–H groups in total. The summed E-state index contributed by atoms with van der Waals surface area (Å²) in [5, 5.41) is 9.80. The van der Waals surface area contributed by atoms with Gasteiger partial charge in [0, 0.05) is 5.56 Å². The highest BCUT2D eigenvalue weighted by molar-refractivity contribution is 5.17. The van der Waals surface area contributed by atoms with Crippen LogP contribution in [0.5, 0.6) is 0 Å². The normalized spacial score (nSPS) is 42.9. The second-order valence-electron chi connectivity index (χ2n) is 6.42. The van der Waals surface area contributed by atoms with E-state index in [1.807, 2.05) is 44.2 Å². The van der Waals surface area contributed by atoms with Crippen LogP contribution in [-0.4, -0.2) is 48.2 Å². The summed E-state index contributed by atoms with van der Waals surface area (Å²) >= 11 is 0. The minimum absolute atomic E-state index is 0.209. The first-order chi connectivity index (χ1) is 10.5. The van der Waals surface area contributed by atoms with Crippen LogP contribution in [0, 0.1) is 0 Å². The zero-order valence-corrected chi connectivity index (χ0v) is 12.6. The molecule has 3 aliphatic rings. The maximum absolute atomic E-state index is 9.80. The fourth-order valence-electron chi connectivity index (χ4n) is 3.32. The van der Waals surface area contributed by atoms with Gasteiger partial charge in [0.15, 0.2) is 18.4 Å². The van der Waals surface area contributed by atoms with Crippen molar-refractivity contribution in [2.75, 3.05) is 13.2 Å². The molecule has 0 bridgehead atoms. The summed E-state index contributed by atoms with van der Waals surface area (Å²) in [5.41, 5.74) is -0.00688. The smallest absolute Gasteiger partial charge is 0.190 e. The molecule has 4 rings (SSSR count). The monoisotopic (exact) mass is 308 g/mol. The zero-order valence-electron chi connectivity index (χ0n) is 12.6. The molecular weight excluding hydrogens is 288 g/mol. The van der Waals surface area contributed by atoms with Crippen LogP contribution in [0.4, 0.5) is 0 Å². The van der Waals surface area contributed by atoms with Crippen molar-refractivity contribution in [2.24, 2.45) is 0 Å². The molecular formula is C16H20O6. The summed E-state index contributed by atoms with van der Waals surface area (Å²) in [6, 6.07) is 9.69. The van der Waals surface area contributed by atoms with Gasteiger partial charge in [0.05, 0.1) is 13.2 Å². The predicted octanol–water partition coefficient (Wildman–Crippen LogP) is 1.34. The Hall–Kier alpha value is -1.02. The third-order valence-corrected chi connectivity index (χ3v) is 4.34. The number of rotatable bonds is 2. The van der Waals surface area contributed by atoms with Gasteiger partial charge < -0.3 is 28.8 Å². The van der Waals surface area contributed by atoms with E-state index in [0.717, 1.165) is 5.56 Å². The summed E-state index contributed by atoms with van der Waals surface area (Å²) in [6.07, 6.45) is -1.87. The van der Waals surface area contributed by atoms with Crippen LogP contribution in [0.1, 0.15) is 25.7 Å². The molecule has 22 heavy (non-hydrogen) atoms. The molecule has 0 radical (unpaired) electrons. The van der Waals surface area contributed by atoms with Gasteiger partial charge in [-0.3, -0.25) is 0 Å². The lowest BCUT2D eigenvalue weighted by Gasteiger charge is -2.41. The second-order valence-corrected chi connectivity index (χ2v) is 6.42. The Balaban J connectivity index is 1.60. The van der Waals surface area contributed by atoms with E-state index in [1.54, 1.807) is 0 Å². The van der Waals surface area contributed by atoms with Crippen LogP contribution >= 0.6 is 0 Å². The Morgan fingerprint density at radius 3 is 2.64 bits per heavy atom. The molecule has 0 aliphatic carbocycles. The Morgan fingerprint density at radius 1 is 1.14 bits per heavy atom. The van der Waals surface area contributed by atoms with E-state index in [9.17, 15) is 5.11 Å². The van der Waals surface area contributed by atoms with Gasteiger partial charge in [-0.1, -0.05) is 30.3 Å². The minimum atomic E-state index is -0.933. The van der Waals surface area contributed by atoms with Crippen LogP contribution < -0.4 is 0 Å². The highest BCUT2D eigenvalue weighted by Gasteiger charge is 2.64. The van der Waals surface area contributed by atoms with Gasteiger partial charge in [-0.25, -0.2) is 0 Å². The molecule has 0 amide bonds. The highest BCUT2D eigenvalue weighted by Crippen LogP contribution is 2.47. The largest absolute Gasteiger partial charge is 0.393 e. The van der Waals surface area contributed by atoms with E-state index < -0.39 is 30.1 Å². The van der Waals surface area contributed by atoms with E-state index in [0.29, 0.717) is 0 Å². The van der Waals surface area contributed by atoms with Crippen molar-refractivity contribution in [1.29, 1.82) is 0 Å². The first-order valence-electron chi connectivity index (χ1n) is 7.49. The third kappa shape index (κ3) is 2.19. The third-order valence-electron chi connectivity index (χ3n) is 4.34. The molecule has 0 saturated carbocycles. The van der Waals surface area contributed by atoms with E-state index in [-0.39, 0.29) is 19.3 Å². The van der Waals surface area contributed by atoms with Crippen molar-refractivity contribution in [3.8, 4) is 0 Å². The fourth-order valence-corrected chi connectivity index (χ4v) is 3.32. The Labute approximate surface area is 128 Å². The fraction of sp³-hybridized carbons (Fsp3) is 0.625. The molecule has 3 saturated heterocycles. The lowest BCUT2D eigenvalue weighted by molar-refractivity contribution is -0.324. The Kier molecular flexibility index (Phi) is 3.30. The summed E-state index contributed by atoms with van der Waals surface area (Å²) in [7, 11) is 0. The summed E-state index contributed by atoms with van der Waals surface area (Å²) in [5.74, 6) is -0.721. The molecule has 6 nitrogen and oxygen atoms in total. The lowest BCUT2D eigenvalue weighted by Crippen LogP contribution is -2.56. The average Bonchev–Trinajstić information content (AvgIpc) is 2.97. The molecule has 1 aromatic carbocycles. The number of aliphatic hydroxyl groups excluding tert-OH is 1. The highest BCUT2D eigenvalue weighted by atomic mass is 16.9. The Morgan fingerprint density at radius 2 is 1.91 bits per heavy atom. The molecule has 3 heterocycles. The standard InChI is InChI=1S/C16H20O6/c1-15(2)20-11-12-16(8-17,22-14(11)21-15)9-18-13(19-12)10-6-4-3-5-7-10/h3-7,11-14,17H,8-9H2,1-2H3/t11-,12-,13?,14+,16-/m1/s1. The number of benzene rings is 1. The van der Waals surface area contributed by atoms with Crippen LogP contribution in [0.25, 0.3) is 0 Å². The van der Waals surface area contributed by atoms with E-state index >= 15 is 0 Å². The molecule has 1 unspecified atom stereocenters. The molecule has 0 spiro atoms. The van der Waals surface area contributed by atoms with Gasteiger partial charge >= 0.3 is 0 Å². The van der Waals surface area contributed by atoms with Gasteiger partial charge in [-0.05, 0) is 13.8 Å². The van der Waals surface area contributed by atoms with Gasteiger partial charge in [0.1, 0.15) is 17.8 Å². The lowest BCUT2D eigenvalue weighted by atomic mass is 9.95. The topological polar surface area (TPSA) is 66.4 Å². The Bertz CT molecular complexity index is 547. The summed E-state index contributed by atoms with van der Waals surface area (Å²) < 4.78 is 29.4. The number of aliphatic hydroxyl groups is 1. The molecule has 3 aliphatic heterocycles. The molecule has 6 heteroatoms. The first kappa shape index (κ1) is 14.6. The maximum Gasteiger partial charge on any atom is 0.190 e. The van der Waals surface area contributed by atoms with Crippen LogP contribution in [-0.2, 0) is 23.7 Å². The van der Waals surface area contributed by atoms with Crippen molar-refractivity contribution in [3.05, 3.63) is 35.9 Å².